The standard InChI is InChI=1S/C24H35F2N5O7S/c1-14(2)11-35-19(33)23(6-8-24(25,26)9-7-23)38-31-17(18(32)28-15-10-27-36-12-15)16-13-39-20(29-16)30-21(34)37-22(3,4)5/h13-15,27H,6-12H2,1-5H3,(H,28,32)(H,29,30,34)/b31-17-/t15-/m1/s1. The van der Waals surface area contributed by atoms with Gasteiger partial charge in [0.15, 0.2) is 10.8 Å². The molecule has 0 radical (unpaired) electrons. The van der Waals surface area contributed by atoms with Crippen molar-refractivity contribution >= 4 is 40.1 Å². The number of esters is 1. The molecule has 218 valence electrons. The minimum atomic E-state index is -2.96. The van der Waals surface area contributed by atoms with Crippen molar-refractivity contribution in [2.24, 2.45) is 11.1 Å². The quantitative estimate of drug-likeness (QED) is 0.229. The lowest BCUT2D eigenvalue weighted by Crippen LogP contribution is -2.48. The first kappa shape index (κ1) is 30.6. The van der Waals surface area contributed by atoms with Gasteiger partial charge >= 0.3 is 12.1 Å². The first-order chi connectivity index (χ1) is 18.2. The van der Waals surface area contributed by atoms with Crippen molar-refractivity contribution in [3.8, 4) is 0 Å². The Morgan fingerprint density at radius 1 is 1.26 bits per heavy atom. The number of oxime groups is 1. The van der Waals surface area contributed by atoms with Crippen molar-refractivity contribution in [3.05, 3.63) is 11.1 Å². The monoisotopic (exact) mass is 575 g/mol. The number of carbonyl (C=O) groups is 3. The molecule has 1 aromatic rings. The van der Waals surface area contributed by atoms with Crippen LogP contribution in [-0.4, -0.2) is 71.6 Å². The number of alkyl halides is 2. The normalized spacial score (nSPS) is 20.8. The van der Waals surface area contributed by atoms with Gasteiger partial charge in [0.05, 0.1) is 19.3 Å². The summed E-state index contributed by atoms with van der Waals surface area (Å²) < 4.78 is 38.5. The van der Waals surface area contributed by atoms with Gasteiger partial charge in [-0.25, -0.2) is 28.8 Å². The topological polar surface area (TPSA) is 149 Å². The van der Waals surface area contributed by atoms with Crippen LogP contribution in [0.1, 0.15) is 66.0 Å². The molecule has 0 aromatic carbocycles. The minimum Gasteiger partial charge on any atom is -0.462 e. The van der Waals surface area contributed by atoms with Crippen LogP contribution in [0.25, 0.3) is 0 Å². The summed E-state index contributed by atoms with van der Waals surface area (Å²) in [7, 11) is 0. The van der Waals surface area contributed by atoms with Crippen molar-refractivity contribution in [1.29, 1.82) is 0 Å². The largest absolute Gasteiger partial charge is 0.462 e. The van der Waals surface area contributed by atoms with Crippen molar-refractivity contribution in [2.75, 3.05) is 25.1 Å². The first-order valence-electron chi connectivity index (χ1n) is 12.6. The third-order valence-electron chi connectivity index (χ3n) is 5.64. The summed E-state index contributed by atoms with van der Waals surface area (Å²) in [6.07, 6.45) is -2.65. The van der Waals surface area contributed by atoms with Gasteiger partial charge < -0.3 is 19.6 Å². The van der Waals surface area contributed by atoms with Crippen LogP contribution in [0.2, 0.25) is 0 Å². The fourth-order valence-electron chi connectivity index (χ4n) is 3.62. The van der Waals surface area contributed by atoms with Gasteiger partial charge in [-0.2, -0.15) is 0 Å². The van der Waals surface area contributed by atoms with E-state index >= 15 is 0 Å². The number of anilines is 1. The van der Waals surface area contributed by atoms with Crippen LogP contribution < -0.4 is 16.1 Å². The summed E-state index contributed by atoms with van der Waals surface area (Å²) in [6, 6.07) is -0.390. The highest BCUT2D eigenvalue weighted by atomic mass is 32.1. The maximum absolute atomic E-state index is 14.0. The van der Waals surface area contributed by atoms with Gasteiger partial charge in [0.2, 0.25) is 11.5 Å². The van der Waals surface area contributed by atoms with Gasteiger partial charge in [0, 0.05) is 37.6 Å². The number of hydrogen-bond donors (Lipinski definition) is 3. The van der Waals surface area contributed by atoms with Crippen LogP contribution >= 0.6 is 11.3 Å². The molecule has 1 aliphatic heterocycles. The van der Waals surface area contributed by atoms with Crippen LogP contribution in [-0.2, 0) is 28.7 Å². The molecule has 3 rings (SSSR count). The Morgan fingerprint density at radius 3 is 2.54 bits per heavy atom. The molecule has 0 bridgehead atoms. The highest BCUT2D eigenvalue weighted by molar-refractivity contribution is 7.14. The van der Waals surface area contributed by atoms with E-state index in [4.69, 9.17) is 19.1 Å². The van der Waals surface area contributed by atoms with E-state index in [1.165, 1.54) is 5.38 Å². The molecular formula is C24H35F2N5O7S. The van der Waals surface area contributed by atoms with E-state index in [2.05, 4.69) is 26.3 Å². The third-order valence-corrected chi connectivity index (χ3v) is 6.40. The molecule has 1 saturated carbocycles. The number of halogens is 2. The number of hydrogen-bond acceptors (Lipinski definition) is 11. The number of carbonyl (C=O) groups excluding carboxylic acids is 3. The number of thiazole rings is 1. The molecular weight excluding hydrogens is 540 g/mol. The molecule has 1 aliphatic carbocycles. The molecule has 12 nitrogen and oxygen atoms in total. The Bertz CT molecular complexity index is 1060. The Labute approximate surface area is 229 Å². The smallest absolute Gasteiger partial charge is 0.413 e. The van der Waals surface area contributed by atoms with Gasteiger partial charge in [-0.1, -0.05) is 19.0 Å². The molecule has 15 heteroatoms. The molecule has 1 aromatic heterocycles. The predicted octanol–water partition coefficient (Wildman–Crippen LogP) is 3.38. The van der Waals surface area contributed by atoms with Crippen molar-refractivity contribution in [3.63, 3.8) is 0 Å². The van der Waals surface area contributed by atoms with Crippen molar-refractivity contribution in [2.45, 2.75) is 83.5 Å². The summed E-state index contributed by atoms with van der Waals surface area (Å²) in [5.74, 6) is -4.47. The molecule has 39 heavy (non-hydrogen) atoms. The Hall–Kier alpha value is -2.91. The second-order valence-electron chi connectivity index (χ2n) is 10.9. The van der Waals surface area contributed by atoms with E-state index in [1.807, 2.05) is 13.8 Å². The maximum atomic E-state index is 14.0. The average molecular weight is 576 g/mol. The lowest BCUT2D eigenvalue weighted by Gasteiger charge is -2.35. The predicted molar refractivity (Wildman–Crippen MR) is 137 cm³/mol. The number of ether oxygens (including phenoxy) is 2. The molecule has 3 N–H and O–H groups in total. The molecule has 1 atom stereocenters. The molecule has 1 saturated heterocycles. The zero-order valence-corrected chi connectivity index (χ0v) is 23.4. The SMILES string of the molecule is CC(C)COC(=O)C1(O/N=C(\C(=O)N[C@@H]2CNOC2)c2csc(NC(=O)OC(C)(C)C)n2)CCC(F)(F)CC1. The summed E-state index contributed by atoms with van der Waals surface area (Å²) >= 11 is 1.00. The Balaban J connectivity index is 1.87. The fourth-order valence-corrected chi connectivity index (χ4v) is 4.30. The molecule has 2 fully saturated rings. The highest BCUT2D eigenvalue weighted by Gasteiger charge is 2.52. The van der Waals surface area contributed by atoms with Gasteiger partial charge in [0.25, 0.3) is 5.91 Å². The summed E-state index contributed by atoms with van der Waals surface area (Å²) in [6.45, 7) is 9.39. The number of amides is 2. The number of aromatic nitrogens is 1. The first-order valence-corrected chi connectivity index (χ1v) is 13.5. The number of rotatable bonds is 9. The van der Waals surface area contributed by atoms with Crippen molar-refractivity contribution in [1.82, 2.24) is 15.8 Å². The zero-order valence-electron chi connectivity index (χ0n) is 22.6. The summed E-state index contributed by atoms with van der Waals surface area (Å²) in [4.78, 5) is 53.3. The molecule has 0 spiro atoms. The highest BCUT2D eigenvalue weighted by Crippen LogP contribution is 2.41. The number of nitrogens with zero attached hydrogens (tertiary/aromatic N) is 2. The van der Waals surface area contributed by atoms with Crippen LogP contribution in [0.4, 0.5) is 18.7 Å². The average Bonchev–Trinajstić information content (AvgIpc) is 3.50. The maximum Gasteiger partial charge on any atom is 0.413 e. The fraction of sp³-hybridized carbons (Fsp3) is 0.708. The van der Waals surface area contributed by atoms with E-state index in [-0.39, 0.29) is 54.6 Å². The van der Waals surface area contributed by atoms with E-state index < -0.39 is 47.9 Å². The van der Waals surface area contributed by atoms with Crippen molar-refractivity contribution < 1.29 is 42.3 Å². The molecule has 2 amide bonds. The van der Waals surface area contributed by atoms with E-state index in [1.54, 1.807) is 20.8 Å². The number of nitrogens with one attached hydrogen (secondary N) is 3. The summed E-state index contributed by atoms with van der Waals surface area (Å²) in [5, 5.41) is 10.8. The van der Waals surface area contributed by atoms with E-state index in [0.29, 0.717) is 6.54 Å². The second-order valence-corrected chi connectivity index (χ2v) is 11.7. The van der Waals surface area contributed by atoms with Crippen LogP contribution in [0.15, 0.2) is 10.5 Å². The van der Waals surface area contributed by atoms with Crippen LogP contribution in [0.5, 0.6) is 0 Å². The van der Waals surface area contributed by atoms with Gasteiger partial charge in [-0.3, -0.25) is 14.9 Å². The molecule has 2 aliphatic rings. The summed E-state index contributed by atoms with van der Waals surface area (Å²) in [5.41, 5.74) is -0.180. The molecule has 0 unspecified atom stereocenters. The minimum absolute atomic E-state index is 0.00834. The van der Waals surface area contributed by atoms with Gasteiger partial charge in [0.1, 0.15) is 11.3 Å². The lowest BCUT2D eigenvalue weighted by molar-refractivity contribution is -0.189. The van der Waals surface area contributed by atoms with Gasteiger partial charge in [-0.05, 0) is 26.7 Å². The van der Waals surface area contributed by atoms with Crippen LogP contribution in [0, 0.1) is 5.92 Å². The second kappa shape index (κ2) is 12.5. The number of hydroxylamine groups is 1. The van der Waals surface area contributed by atoms with E-state index in [0.717, 1.165) is 11.3 Å². The molecule has 2 heterocycles. The Kier molecular flexibility index (Phi) is 9.83. The van der Waals surface area contributed by atoms with E-state index in [9.17, 15) is 23.2 Å². The Morgan fingerprint density at radius 2 is 1.95 bits per heavy atom. The lowest BCUT2D eigenvalue weighted by atomic mass is 9.82. The van der Waals surface area contributed by atoms with Crippen LogP contribution in [0.3, 0.4) is 0 Å². The zero-order chi connectivity index (χ0) is 28.8. The third kappa shape index (κ3) is 9.07. The van der Waals surface area contributed by atoms with Gasteiger partial charge in [-0.15, -0.1) is 11.3 Å².